The van der Waals surface area contributed by atoms with Crippen LogP contribution in [0.25, 0.3) is 0 Å². The number of aryl methyl sites for hydroxylation is 3. The topological polar surface area (TPSA) is 41.6 Å². The zero-order chi connectivity index (χ0) is 15.7. The fraction of sp³-hybridized carbons (Fsp3) is 0.316. The Hall–Kier alpha value is -2.13. The van der Waals surface area contributed by atoms with Gasteiger partial charge in [-0.1, -0.05) is 42.0 Å². The molecule has 0 spiro atoms. The van der Waals surface area contributed by atoms with E-state index in [1.807, 2.05) is 0 Å². The molecule has 0 bridgehead atoms. The highest BCUT2D eigenvalue weighted by molar-refractivity contribution is 5.90. The first-order chi connectivity index (χ1) is 10.6. The highest BCUT2D eigenvalue weighted by Gasteiger charge is 2.29. The van der Waals surface area contributed by atoms with Gasteiger partial charge in [-0.25, -0.2) is 0 Å². The van der Waals surface area contributed by atoms with Gasteiger partial charge in [0.1, 0.15) is 0 Å². The van der Waals surface area contributed by atoms with Crippen molar-refractivity contribution in [3.8, 4) is 0 Å². The maximum atomic E-state index is 5.85. The van der Waals surface area contributed by atoms with Crippen molar-refractivity contribution in [2.45, 2.75) is 33.2 Å². The summed E-state index contributed by atoms with van der Waals surface area (Å²) in [5.41, 5.74) is 13.1. The molecule has 0 fully saturated rings. The molecule has 0 saturated carbocycles. The highest BCUT2D eigenvalue weighted by atomic mass is 15.5. The lowest BCUT2D eigenvalue weighted by molar-refractivity contribution is 0.706. The lowest BCUT2D eigenvalue weighted by Gasteiger charge is -2.26. The van der Waals surface area contributed by atoms with Gasteiger partial charge in [-0.3, -0.25) is 5.01 Å². The van der Waals surface area contributed by atoms with Gasteiger partial charge >= 0.3 is 0 Å². The van der Waals surface area contributed by atoms with E-state index in [4.69, 9.17) is 10.8 Å². The molecule has 2 aromatic carbocycles. The number of nitrogens with two attached hydrogens (primary N) is 1. The van der Waals surface area contributed by atoms with Crippen LogP contribution < -0.4 is 10.7 Å². The SMILES string of the molecule is Cc1ccc(C2CC(CN)=NN2c2cc(C)ccc2C)cc1. The van der Waals surface area contributed by atoms with Gasteiger partial charge in [0.15, 0.2) is 0 Å². The van der Waals surface area contributed by atoms with Crippen molar-refractivity contribution >= 4 is 11.4 Å². The zero-order valence-corrected chi connectivity index (χ0v) is 13.5. The fourth-order valence-corrected chi connectivity index (χ4v) is 2.93. The summed E-state index contributed by atoms with van der Waals surface area (Å²) in [6.45, 7) is 6.89. The first-order valence-electron chi connectivity index (χ1n) is 7.78. The Morgan fingerprint density at radius 3 is 2.41 bits per heavy atom. The van der Waals surface area contributed by atoms with Gasteiger partial charge < -0.3 is 5.73 Å². The minimum Gasteiger partial charge on any atom is -0.325 e. The number of rotatable bonds is 3. The van der Waals surface area contributed by atoms with Crippen LogP contribution in [-0.2, 0) is 0 Å². The van der Waals surface area contributed by atoms with Crippen molar-refractivity contribution < 1.29 is 0 Å². The molecule has 1 atom stereocenters. The van der Waals surface area contributed by atoms with Crippen molar-refractivity contribution in [1.82, 2.24) is 0 Å². The Kier molecular flexibility index (Phi) is 3.99. The molecular weight excluding hydrogens is 270 g/mol. The summed E-state index contributed by atoms with van der Waals surface area (Å²) in [6, 6.07) is 15.5. The molecule has 1 aliphatic rings. The average Bonchev–Trinajstić information content (AvgIpc) is 2.94. The number of nitrogens with zero attached hydrogens (tertiary/aromatic N) is 2. The van der Waals surface area contributed by atoms with Crippen LogP contribution in [0.5, 0.6) is 0 Å². The van der Waals surface area contributed by atoms with Gasteiger partial charge in [-0.05, 0) is 43.5 Å². The van der Waals surface area contributed by atoms with Crippen molar-refractivity contribution in [3.63, 3.8) is 0 Å². The van der Waals surface area contributed by atoms with Crippen molar-refractivity contribution in [2.24, 2.45) is 10.8 Å². The molecule has 0 aliphatic carbocycles. The number of benzene rings is 2. The Morgan fingerprint density at radius 2 is 1.73 bits per heavy atom. The predicted molar refractivity (Wildman–Crippen MR) is 93.4 cm³/mol. The maximum absolute atomic E-state index is 5.85. The molecule has 1 aliphatic heterocycles. The Morgan fingerprint density at radius 1 is 1.05 bits per heavy atom. The van der Waals surface area contributed by atoms with Crippen LogP contribution >= 0.6 is 0 Å². The molecular formula is C19H23N3. The summed E-state index contributed by atoms with van der Waals surface area (Å²) in [5, 5.41) is 6.93. The second kappa shape index (κ2) is 5.93. The van der Waals surface area contributed by atoms with Gasteiger partial charge in [0.25, 0.3) is 0 Å². The van der Waals surface area contributed by atoms with Crippen LogP contribution in [0.2, 0.25) is 0 Å². The molecule has 0 saturated heterocycles. The van der Waals surface area contributed by atoms with E-state index in [-0.39, 0.29) is 6.04 Å². The molecule has 114 valence electrons. The second-order valence-electron chi connectivity index (χ2n) is 6.14. The van der Waals surface area contributed by atoms with Crippen LogP contribution in [0.3, 0.4) is 0 Å². The van der Waals surface area contributed by atoms with E-state index in [0.717, 1.165) is 12.1 Å². The molecule has 0 amide bonds. The predicted octanol–water partition coefficient (Wildman–Crippen LogP) is 3.88. The number of anilines is 1. The lowest BCUT2D eigenvalue weighted by Crippen LogP contribution is -2.19. The van der Waals surface area contributed by atoms with E-state index in [9.17, 15) is 0 Å². The molecule has 2 aromatic rings. The minimum atomic E-state index is 0.236. The van der Waals surface area contributed by atoms with E-state index >= 15 is 0 Å². The van der Waals surface area contributed by atoms with Crippen LogP contribution in [0.1, 0.15) is 34.7 Å². The molecule has 3 nitrogen and oxygen atoms in total. The Bertz CT molecular complexity index is 701. The minimum absolute atomic E-state index is 0.236. The molecule has 1 heterocycles. The standard InChI is InChI=1S/C19H23N3/c1-13-5-8-16(9-6-13)19-11-17(12-20)21-22(19)18-10-14(2)4-7-15(18)3/h4-10,19H,11-12,20H2,1-3H3. The highest BCUT2D eigenvalue weighted by Crippen LogP contribution is 2.37. The summed E-state index contributed by atoms with van der Waals surface area (Å²) < 4.78 is 0. The zero-order valence-electron chi connectivity index (χ0n) is 13.5. The van der Waals surface area contributed by atoms with Crippen molar-refractivity contribution in [1.29, 1.82) is 0 Å². The van der Waals surface area contributed by atoms with Crippen LogP contribution in [0.4, 0.5) is 5.69 Å². The van der Waals surface area contributed by atoms with E-state index in [2.05, 4.69) is 68.2 Å². The van der Waals surface area contributed by atoms with Gasteiger partial charge in [-0.15, -0.1) is 0 Å². The summed E-state index contributed by atoms with van der Waals surface area (Å²) >= 11 is 0. The van der Waals surface area contributed by atoms with Crippen LogP contribution in [-0.4, -0.2) is 12.3 Å². The number of hydrazone groups is 1. The number of hydrogen-bond donors (Lipinski definition) is 1. The van der Waals surface area contributed by atoms with Crippen LogP contribution in [0, 0.1) is 20.8 Å². The number of hydrogen-bond acceptors (Lipinski definition) is 3. The first kappa shape index (κ1) is 14.8. The average molecular weight is 293 g/mol. The Labute approximate surface area is 132 Å². The fourth-order valence-electron chi connectivity index (χ4n) is 2.93. The van der Waals surface area contributed by atoms with E-state index < -0.39 is 0 Å². The smallest absolute Gasteiger partial charge is 0.0828 e. The molecule has 3 rings (SSSR count). The van der Waals surface area contributed by atoms with Gasteiger partial charge in [0.2, 0.25) is 0 Å². The lowest BCUT2D eigenvalue weighted by atomic mass is 9.99. The monoisotopic (exact) mass is 293 g/mol. The van der Waals surface area contributed by atoms with Gasteiger partial charge in [0, 0.05) is 13.0 Å². The van der Waals surface area contributed by atoms with E-state index in [1.165, 1.54) is 27.9 Å². The van der Waals surface area contributed by atoms with Crippen LogP contribution in [0.15, 0.2) is 47.6 Å². The largest absolute Gasteiger partial charge is 0.325 e. The molecule has 3 heteroatoms. The summed E-state index contributed by atoms with van der Waals surface area (Å²) in [4.78, 5) is 0. The third-order valence-electron chi connectivity index (χ3n) is 4.28. The van der Waals surface area contributed by atoms with E-state index in [1.54, 1.807) is 0 Å². The molecule has 1 unspecified atom stereocenters. The second-order valence-corrected chi connectivity index (χ2v) is 6.14. The van der Waals surface area contributed by atoms with Gasteiger partial charge in [-0.2, -0.15) is 5.10 Å². The van der Waals surface area contributed by atoms with Crippen molar-refractivity contribution in [2.75, 3.05) is 11.6 Å². The molecule has 2 N–H and O–H groups in total. The third kappa shape index (κ3) is 2.77. The summed E-state index contributed by atoms with van der Waals surface area (Å²) in [6.07, 6.45) is 0.896. The van der Waals surface area contributed by atoms with Crippen molar-refractivity contribution in [3.05, 3.63) is 64.7 Å². The molecule has 0 radical (unpaired) electrons. The summed E-state index contributed by atoms with van der Waals surface area (Å²) in [5.74, 6) is 0. The summed E-state index contributed by atoms with van der Waals surface area (Å²) in [7, 11) is 0. The molecule has 0 aromatic heterocycles. The third-order valence-corrected chi connectivity index (χ3v) is 4.28. The first-order valence-corrected chi connectivity index (χ1v) is 7.78. The quantitative estimate of drug-likeness (QED) is 0.933. The molecule has 22 heavy (non-hydrogen) atoms. The normalized spacial score (nSPS) is 17.7. The maximum Gasteiger partial charge on any atom is 0.0828 e. The Balaban J connectivity index is 2.03. The van der Waals surface area contributed by atoms with Gasteiger partial charge in [0.05, 0.1) is 17.4 Å². The van der Waals surface area contributed by atoms with E-state index in [0.29, 0.717) is 6.54 Å².